The van der Waals surface area contributed by atoms with Crippen LogP contribution in [0.15, 0.2) is 41.3 Å². The Morgan fingerprint density at radius 3 is 2.78 bits per heavy atom. The molecule has 4 heteroatoms. The Balaban J connectivity index is 2.55. The molecule has 0 aromatic heterocycles. The lowest BCUT2D eigenvalue weighted by Gasteiger charge is -2.05. The molecule has 0 fully saturated rings. The molecule has 0 saturated heterocycles. The van der Waals surface area contributed by atoms with Gasteiger partial charge >= 0.3 is 5.97 Å². The second-order valence-electron chi connectivity index (χ2n) is 3.89. The van der Waals surface area contributed by atoms with Crippen LogP contribution < -0.4 is 0 Å². The molecule has 2 aromatic carbocycles. The third-order valence-corrected chi connectivity index (χ3v) is 3.66. The quantitative estimate of drug-likeness (QED) is 0.683. The van der Waals surface area contributed by atoms with Gasteiger partial charge in [0, 0.05) is 5.39 Å². The van der Waals surface area contributed by atoms with Crippen molar-refractivity contribution in [1.29, 1.82) is 0 Å². The zero-order valence-electron chi connectivity index (χ0n) is 10.3. The van der Waals surface area contributed by atoms with Crippen LogP contribution in [0.1, 0.15) is 17.3 Å². The molecule has 18 heavy (non-hydrogen) atoms. The SMILES string of the molecule is CCOC(=O)c1ccc2cccc([S+](C)O)c2c1. The van der Waals surface area contributed by atoms with Crippen molar-refractivity contribution in [1.82, 2.24) is 0 Å². The minimum Gasteiger partial charge on any atom is -0.462 e. The first kappa shape index (κ1) is 12.9. The van der Waals surface area contributed by atoms with E-state index >= 15 is 0 Å². The number of benzene rings is 2. The van der Waals surface area contributed by atoms with Crippen molar-refractivity contribution in [2.45, 2.75) is 11.8 Å². The van der Waals surface area contributed by atoms with Crippen molar-refractivity contribution < 1.29 is 14.1 Å². The fourth-order valence-electron chi connectivity index (χ4n) is 1.84. The van der Waals surface area contributed by atoms with E-state index in [0.29, 0.717) is 12.2 Å². The first-order chi connectivity index (χ1) is 8.63. The Hall–Kier alpha value is -1.52. The van der Waals surface area contributed by atoms with E-state index in [0.717, 1.165) is 15.7 Å². The van der Waals surface area contributed by atoms with Gasteiger partial charge in [-0.25, -0.2) is 4.79 Å². The van der Waals surface area contributed by atoms with E-state index in [-0.39, 0.29) is 5.97 Å². The van der Waals surface area contributed by atoms with Crippen LogP contribution in [0, 0.1) is 0 Å². The Labute approximate surface area is 109 Å². The van der Waals surface area contributed by atoms with Gasteiger partial charge in [0.2, 0.25) is 0 Å². The first-order valence-electron chi connectivity index (χ1n) is 5.68. The summed E-state index contributed by atoms with van der Waals surface area (Å²) in [5.74, 6) is -0.330. The molecule has 1 unspecified atom stereocenters. The molecule has 0 aliphatic heterocycles. The van der Waals surface area contributed by atoms with Crippen molar-refractivity contribution in [2.75, 3.05) is 12.9 Å². The van der Waals surface area contributed by atoms with E-state index in [1.165, 1.54) is 0 Å². The molecular weight excluding hydrogens is 248 g/mol. The summed E-state index contributed by atoms with van der Waals surface area (Å²) in [6, 6.07) is 11.1. The highest BCUT2D eigenvalue weighted by Crippen LogP contribution is 2.24. The fourth-order valence-corrected chi connectivity index (χ4v) is 2.61. The van der Waals surface area contributed by atoms with Crippen LogP contribution in [-0.4, -0.2) is 23.4 Å². The van der Waals surface area contributed by atoms with Gasteiger partial charge in [-0.05, 0) is 30.5 Å². The minimum atomic E-state index is -0.831. The lowest BCUT2D eigenvalue weighted by atomic mass is 10.1. The molecule has 0 radical (unpaired) electrons. The maximum absolute atomic E-state index is 11.7. The number of carbonyl (C=O) groups excluding carboxylic acids is 1. The lowest BCUT2D eigenvalue weighted by molar-refractivity contribution is 0.0526. The molecule has 0 bridgehead atoms. The van der Waals surface area contributed by atoms with Gasteiger partial charge in [-0.1, -0.05) is 18.2 Å². The van der Waals surface area contributed by atoms with Gasteiger partial charge in [0.1, 0.15) is 6.26 Å². The van der Waals surface area contributed by atoms with E-state index in [1.54, 1.807) is 25.3 Å². The summed E-state index contributed by atoms with van der Waals surface area (Å²) in [6.45, 7) is 2.14. The molecule has 1 atom stereocenters. The predicted molar refractivity (Wildman–Crippen MR) is 74.1 cm³/mol. The highest BCUT2D eigenvalue weighted by atomic mass is 32.2. The Bertz CT molecular complexity index is 578. The third-order valence-electron chi connectivity index (χ3n) is 2.67. The Morgan fingerprint density at radius 2 is 2.11 bits per heavy atom. The zero-order valence-corrected chi connectivity index (χ0v) is 11.2. The van der Waals surface area contributed by atoms with Crippen molar-refractivity contribution in [3.8, 4) is 0 Å². The van der Waals surface area contributed by atoms with Crippen LogP contribution in [0.3, 0.4) is 0 Å². The highest BCUT2D eigenvalue weighted by Gasteiger charge is 2.17. The number of carbonyl (C=O) groups is 1. The van der Waals surface area contributed by atoms with Crippen LogP contribution in [-0.2, 0) is 15.9 Å². The van der Waals surface area contributed by atoms with Crippen LogP contribution in [0.2, 0.25) is 0 Å². The molecule has 0 saturated carbocycles. The maximum atomic E-state index is 11.7. The van der Waals surface area contributed by atoms with Crippen LogP contribution in [0.5, 0.6) is 0 Å². The number of rotatable bonds is 3. The number of ether oxygens (including phenoxy) is 1. The topological polar surface area (TPSA) is 46.5 Å². The van der Waals surface area contributed by atoms with E-state index in [4.69, 9.17) is 4.74 Å². The zero-order chi connectivity index (χ0) is 13.1. The molecule has 0 amide bonds. The predicted octanol–water partition coefficient (Wildman–Crippen LogP) is 3.10. The van der Waals surface area contributed by atoms with E-state index in [9.17, 15) is 9.35 Å². The number of fused-ring (bicyclic) bond motifs is 1. The van der Waals surface area contributed by atoms with Crippen molar-refractivity contribution in [2.24, 2.45) is 0 Å². The van der Waals surface area contributed by atoms with Crippen LogP contribution in [0.25, 0.3) is 10.8 Å². The van der Waals surface area contributed by atoms with Gasteiger partial charge < -0.3 is 4.74 Å². The molecule has 0 heterocycles. The molecule has 3 nitrogen and oxygen atoms in total. The van der Waals surface area contributed by atoms with E-state index in [2.05, 4.69) is 0 Å². The van der Waals surface area contributed by atoms with Crippen molar-refractivity contribution in [3.05, 3.63) is 42.0 Å². The molecule has 0 spiro atoms. The smallest absolute Gasteiger partial charge is 0.338 e. The number of hydrogen-bond acceptors (Lipinski definition) is 3. The first-order valence-corrected chi connectivity index (χ1v) is 7.27. The monoisotopic (exact) mass is 263 g/mol. The molecule has 1 N–H and O–H groups in total. The molecule has 94 valence electrons. The van der Waals surface area contributed by atoms with Gasteiger partial charge in [-0.3, -0.25) is 0 Å². The molecule has 0 aliphatic carbocycles. The highest BCUT2D eigenvalue weighted by molar-refractivity contribution is 7.91. The average Bonchev–Trinajstić information content (AvgIpc) is 2.37. The summed E-state index contributed by atoms with van der Waals surface area (Å²) in [4.78, 5) is 12.5. The van der Waals surface area contributed by atoms with Crippen molar-refractivity contribution in [3.63, 3.8) is 0 Å². The van der Waals surface area contributed by atoms with Crippen LogP contribution in [0.4, 0.5) is 0 Å². The summed E-state index contributed by atoms with van der Waals surface area (Å²) in [6.07, 6.45) is 1.74. The lowest BCUT2D eigenvalue weighted by Crippen LogP contribution is -2.05. The maximum Gasteiger partial charge on any atom is 0.338 e. The number of hydrogen-bond donors (Lipinski definition) is 1. The largest absolute Gasteiger partial charge is 0.462 e. The van der Waals surface area contributed by atoms with E-state index in [1.807, 2.05) is 24.3 Å². The number of esters is 1. The van der Waals surface area contributed by atoms with Crippen LogP contribution >= 0.6 is 0 Å². The summed E-state index contributed by atoms with van der Waals surface area (Å²) in [5, 5.41) is 1.91. The average molecular weight is 263 g/mol. The normalized spacial score (nSPS) is 12.4. The second-order valence-corrected chi connectivity index (χ2v) is 5.29. The van der Waals surface area contributed by atoms with Gasteiger partial charge in [-0.15, -0.1) is 0 Å². The van der Waals surface area contributed by atoms with Gasteiger partial charge in [0.15, 0.2) is 16.1 Å². The molecule has 2 rings (SSSR count). The van der Waals surface area contributed by atoms with Gasteiger partial charge in [0.25, 0.3) is 0 Å². The standard InChI is InChI=1S/C14H15O3S/c1-3-17-14(15)11-8-7-10-5-4-6-13(18(2)16)12(10)9-11/h4-9,16H,3H2,1-2H3/q+1. The summed E-state index contributed by atoms with van der Waals surface area (Å²) in [5.41, 5.74) is 0.516. The summed E-state index contributed by atoms with van der Waals surface area (Å²) >= 11 is -0.831. The van der Waals surface area contributed by atoms with Gasteiger partial charge in [-0.2, -0.15) is 4.55 Å². The molecule has 2 aromatic rings. The fraction of sp³-hybridized carbons (Fsp3) is 0.214. The van der Waals surface area contributed by atoms with E-state index < -0.39 is 11.2 Å². The third kappa shape index (κ3) is 2.49. The minimum absolute atomic E-state index is 0.330. The summed E-state index contributed by atoms with van der Waals surface area (Å²) < 4.78 is 14.7. The van der Waals surface area contributed by atoms with Crippen molar-refractivity contribution >= 4 is 27.9 Å². The molecular formula is C14H15O3S+. The van der Waals surface area contributed by atoms with Gasteiger partial charge in [0.05, 0.1) is 12.2 Å². The second kappa shape index (κ2) is 5.42. The summed E-state index contributed by atoms with van der Waals surface area (Å²) in [7, 11) is 0. The Kier molecular flexibility index (Phi) is 3.89. The molecule has 0 aliphatic rings. The Morgan fingerprint density at radius 1 is 1.33 bits per heavy atom.